The highest BCUT2D eigenvalue weighted by Gasteiger charge is 2.35. The van der Waals surface area contributed by atoms with Crippen LogP contribution >= 0.6 is 22.9 Å². The number of ether oxygens (including phenoxy) is 2. The Kier molecular flexibility index (Phi) is 4.95. The lowest BCUT2D eigenvalue weighted by Crippen LogP contribution is -2.39. The van der Waals surface area contributed by atoms with Crippen LogP contribution in [-0.4, -0.2) is 13.0 Å². The van der Waals surface area contributed by atoms with Crippen LogP contribution in [0, 0.1) is 0 Å². The van der Waals surface area contributed by atoms with Gasteiger partial charge >= 0.3 is 0 Å². The molecule has 1 aliphatic rings. The second kappa shape index (κ2) is 7.76. The van der Waals surface area contributed by atoms with E-state index < -0.39 is 6.23 Å². The van der Waals surface area contributed by atoms with Crippen molar-refractivity contribution in [1.29, 1.82) is 0 Å². The molecule has 0 radical (unpaired) electrons. The largest absolute Gasteiger partial charge is 0.497 e. The molecule has 0 saturated heterocycles. The van der Waals surface area contributed by atoms with Crippen molar-refractivity contribution >= 4 is 44.6 Å². The van der Waals surface area contributed by atoms with Gasteiger partial charge in [0.2, 0.25) is 0 Å². The minimum absolute atomic E-state index is 0.172. The van der Waals surface area contributed by atoms with E-state index in [4.69, 9.17) is 21.1 Å². The highest BCUT2D eigenvalue weighted by atomic mass is 35.5. The molecule has 0 fully saturated rings. The zero-order valence-corrected chi connectivity index (χ0v) is 17.7. The van der Waals surface area contributed by atoms with Gasteiger partial charge in [-0.3, -0.25) is 9.69 Å². The summed E-state index contributed by atoms with van der Waals surface area (Å²) in [5.41, 5.74) is 2.67. The summed E-state index contributed by atoms with van der Waals surface area (Å²) >= 11 is 8.04. The average molecular weight is 436 g/mol. The fourth-order valence-electron chi connectivity index (χ4n) is 3.73. The number of hydrogen-bond donors (Lipinski definition) is 0. The van der Waals surface area contributed by atoms with Crippen molar-refractivity contribution in [2.24, 2.45) is 0 Å². The molecule has 0 unspecified atom stereocenters. The van der Waals surface area contributed by atoms with Crippen molar-refractivity contribution in [2.45, 2.75) is 12.8 Å². The maximum absolute atomic E-state index is 13.8. The molecule has 6 heteroatoms. The summed E-state index contributed by atoms with van der Waals surface area (Å²) in [4.78, 5) is 16.0. The van der Waals surface area contributed by atoms with Gasteiger partial charge in [0.05, 0.1) is 24.4 Å². The molecule has 30 heavy (non-hydrogen) atoms. The number of anilines is 1. The molecule has 0 bridgehead atoms. The predicted molar refractivity (Wildman–Crippen MR) is 121 cm³/mol. The van der Waals surface area contributed by atoms with Crippen LogP contribution in [0.1, 0.15) is 27.0 Å². The molecule has 3 aromatic carbocycles. The SMILES string of the molecule is COc1ccc([C@H]2OCc3ccccc3N2C(=O)c2sc3ccccc3c2Cl)cc1. The number of hydrogen-bond acceptors (Lipinski definition) is 4. The van der Waals surface area contributed by atoms with Crippen molar-refractivity contribution < 1.29 is 14.3 Å². The number of halogens is 1. The van der Waals surface area contributed by atoms with Gasteiger partial charge in [0.15, 0.2) is 6.23 Å². The molecule has 5 rings (SSSR count). The Morgan fingerprint density at radius 1 is 1.07 bits per heavy atom. The van der Waals surface area contributed by atoms with Gasteiger partial charge in [0, 0.05) is 21.2 Å². The Hall–Kier alpha value is -2.86. The van der Waals surface area contributed by atoms with E-state index in [-0.39, 0.29) is 5.91 Å². The number of rotatable bonds is 3. The third-order valence-electron chi connectivity index (χ3n) is 5.23. The lowest BCUT2D eigenvalue weighted by Gasteiger charge is -2.37. The number of para-hydroxylation sites is 1. The van der Waals surface area contributed by atoms with Crippen LogP contribution < -0.4 is 9.64 Å². The fraction of sp³-hybridized carbons (Fsp3) is 0.125. The molecule has 1 aromatic heterocycles. The van der Waals surface area contributed by atoms with Crippen LogP contribution in [-0.2, 0) is 11.3 Å². The number of benzene rings is 3. The van der Waals surface area contributed by atoms with Crippen LogP contribution in [0.3, 0.4) is 0 Å². The molecule has 1 atom stereocenters. The van der Waals surface area contributed by atoms with Gasteiger partial charge in [-0.25, -0.2) is 0 Å². The van der Waals surface area contributed by atoms with Crippen LogP contribution in [0.15, 0.2) is 72.8 Å². The number of carbonyl (C=O) groups excluding carboxylic acids is 1. The Bertz CT molecular complexity index is 1230. The van der Waals surface area contributed by atoms with Gasteiger partial charge in [0.25, 0.3) is 5.91 Å². The Morgan fingerprint density at radius 2 is 1.80 bits per heavy atom. The smallest absolute Gasteiger partial charge is 0.272 e. The van der Waals surface area contributed by atoms with E-state index in [9.17, 15) is 4.79 Å². The maximum atomic E-state index is 13.8. The first-order valence-corrected chi connectivity index (χ1v) is 10.7. The summed E-state index contributed by atoms with van der Waals surface area (Å²) in [6, 6.07) is 23.2. The third kappa shape index (κ3) is 3.16. The van der Waals surface area contributed by atoms with Crippen molar-refractivity contribution in [3.8, 4) is 5.75 Å². The number of thiophene rings is 1. The first-order valence-electron chi connectivity index (χ1n) is 9.51. The first-order chi connectivity index (χ1) is 14.7. The molecule has 4 nitrogen and oxygen atoms in total. The van der Waals surface area contributed by atoms with E-state index in [2.05, 4.69) is 0 Å². The topological polar surface area (TPSA) is 38.8 Å². The van der Waals surface area contributed by atoms with Gasteiger partial charge in [0.1, 0.15) is 10.6 Å². The average Bonchev–Trinajstić information content (AvgIpc) is 3.14. The standard InChI is InChI=1S/C24H18ClNO3S/c1-28-17-12-10-15(11-13-17)24-26(19-8-4-2-6-16(19)14-29-24)23(27)22-21(25)18-7-3-5-9-20(18)30-22/h2-13,24H,14H2,1H3/t24-/m1/s1. The molecule has 0 aliphatic carbocycles. The van der Waals surface area contributed by atoms with Gasteiger partial charge in [-0.2, -0.15) is 0 Å². The molecule has 0 saturated carbocycles. The monoisotopic (exact) mass is 435 g/mol. The van der Waals surface area contributed by atoms with E-state index in [0.717, 1.165) is 32.6 Å². The minimum Gasteiger partial charge on any atom is -0.497 e. The summed E-state index contributed by atoms with van der Waals surface area (Å²) in [7, 11) is 1.63. The highest BCUT2D eigenvalue weighted by Crippen LogP contribution is 2.42. The summed E-state index contributed by atoms with van der Waals surface area (Å²) in [6.07, 6.45) is -0.556. The summed E-state index contributed by atoms with van der Waals surface area (Å²) in [5.74, 6) is 0.578. The molecule has 2 heterocycles. The van der Waals surface area contributed by atoms with E-state index in [1.54, 1.807) is 12.0 Å². The number of fused-ring (bicyclic) bond motifs is 2. The van der Waals surface area contributed by atoms with Crippen LogP contribution in [0.4, 0.5) is 5.69 Å². The molecule has 1 aliphatic heterocycles. The minimum atomic E-state index is -0.556. The Balaban J connectivity index is 1.63. The summed E-state index contributed by atoms with van der Waals surface area (Å²) in [6.45, 7) is 0.427. The van der Waals surface area contributed by atoms with Crippen molar-refractivity contribution in [1.82, 2.24) is 0 Å². The molecule has 0 spiro atoms. The summed E-state index contributed by atoms with van der Waals surface area (Å²) < 4.78 is 12.4. The zero-order chi connectivity index (χ0) is 20.7. The molecule has 1 amide bonds. The molecule has 4 aromatic rings. The second-order valence-electron chi connectivity index (χ2n) is 6.98. The quantitative estimate of drug-likeness (QED) is 0.371. The van der Waals surface area contributed by atoms with Crippen molar-refractivity contribution in [2.75, 3.05) is 12.0 Å². The normalized spacial score (nSPS) is 15.8. The lowest BCUT2D eigenvalue weighted by molar-refractivity contribution is 0.0255. The van der Waals surface area contributed by atoms with Gasteiger partial charge in [-0.15, -0.1) is 11.3 Å². The van der Waals surface area contributed by atoms with Gasteiger partial charge in [-0.1, -0.05) is 60.1 Å². The fourth-order valence-corrected chi connectivity index (χ4v) is 5.18. The van der Waals surface area contributed by atoms with Gasteiger partial charge in [-0.05, 0) is 24.3 Å². The molecular weight excluding hydrogens is 418 g/mol. The number of nitrogens with zero attached hydrogens (tertiary/aromatic N) is 1. The lowest BCUT2D eigenvalue weighted by atomic mass is 10.1. The highest BCUT2D eigenvalue weighted by molar-refractivity contribution is 7.21. The Morgan fingerprint density at radius 3 is 2.57 bits per heavy atom. The predicted octanol–water partition coefficient (Wildman–Crippen LogP) is 6.44. The number of carbonyl (C=O) groups is 1. The van der Waals surface area contributed by atoms with Crippen LogP contribution in [0.2, 0.25) is 5.02 Å². The van der Waals surface area contributed by atoms with Gasteiger partial charge < -0.3 is 9.47 Å². The van der Waals surface area contributed by atoms with Crippen molar-refractivity contribution in [3.63, 3.8) is 0 Å². The van der Waals surface area contributed by atoms with E-state index in [0.29, 0.717) is 16.5 Å². The molecule has 0 N–H and O–H groups in total. The summed E-state index contributed by atoms with van der Waals surface area (Å²) in [5, 5.41) is 1.37. The first kappa shape index (κ1) is 19.1. The Labute approximate surface area is 183 Å². The van der Waals surface area contributed by atoms with E-state index in [1.807, 2.05) is 72.8 Å². The second-order valence-corrected chi connectivity index (χ2v) is 8.41. The maximum Gasteiger partial charge on any atom is 0.272 e. The van der Waals surface area contributed by atoms with E-state index >= 15 is 0 Å². The third-order valence-corrected chi connectivity index (χ3v) is 6.89. The number of amides is 1. The van der Waals surface area contributed by atoms with Crippen LogP contribution in [0.5, 0.6) is 5.75 Å². The zero-order valence-electron chi connectivity index (χ0n) is 16.2. The van der Waals surface area contributed by atoms with E-state index in [1.165, 1.54) is 11.3 Å². The molecule has 150 valence electrons. The van der Waals surface area contributed by atoms with Crippen molar-refractivity contribution in [3.05, 3.63) is 93.8 Å². The number of methoxy groups -OCH3 is 1. The van der Waals surface area contributed by atoms with Crippen LogP contribution in [0.25, 0.3) is 10.1 Å². The molecular formula is C24H18ClNO3S.